The topological polar surface area (TPSA) is 91.9 Å². The molecule has 3 N–H and O–H groups in total. The number of halogens is 1. The Morgan fingerprint density at radius 3 is 2.72 bits per heavy atom. The van der Waals surface area contributed by atoms with Gasteiger partial charge in [-0.1, -0.05) is 24.3 Å². The van der Waals surface area contributed by atoms with Crippen LogP contribution in [0.2, 0.25) is 0 Å². The van der Waals surface area contributed by atoms with Gasteiger partial charge in [0.05, 0.1) is 25.5 Å². The summed E-state index contributed by atoms with van der Waals surface area (Å²) in [6.45, 7) is 4.58. The maximum atomic E-state index is 14.7. The molecule has 36 heavy (non-hydrogen) atoms. The molecule has 186 valence electrons. The molecule has 0 atom stereocenters. The standard InChI is InChI=1S/C27H30FN7O/c1-34-17-22(24(29)18-34)26(21-7-2-3-8-23(21)28)31-16-19-5-4-6-20(15-19)32-25-9-10-30-27(33-25)35-11-13-36-14-12-35/h2-10,15H,11-14,16-18,29H2,1H3,(H,30,32,33). The second-order valence-electron chi connectivity index (χ2n) is 8.99. The van der Waals surface area contributed by atoms with Crippen LogP contribution in [0.3, 0.4) is 0 Å². The first kappa shape index (κ1) is 23.9. The van der Waals surface area contributed by atoms with E-state index in [4.69, 9.17) is 15.5 Å². The number of nitrogens with zero attached hydrogens (tertiary/aromatic N) is 5. The smallest absolute Gasteiger partial charge is 0.227 e. The Kier molecular flexibility index (Phi) is 7.20. The Morgan fingerprint density at radius 1 is 1.11 bits per heavy atom. The van der Waals surface area contributed by atoms with Gasteiger partial charge in [-0.2, -0.15) is 4.98 Å². The summed E-state index contributed by atoms with van der Waals surface area (Å²) in [4.78, 5) is 18.1. The van der Waals surface area contributed by atoms with E-state index in [-0.39, 0.29) is 5.82 Å². The fraction of sp³-hybridized carbons (Fsp3) is 0.296. The molecule has 3 heterocycles. The molecule has 0 aliphatic carbocycles. The summed E-state index contributed by atoms with van der Waals surface area (Å²) in [6.07, 6.45) is 1.76. The number of likely N-dealkylation sites (N-methyl/N-ethyl adjacent to an activating group) is 1. The minimum absolute atomic E-state index is 0.304. The number of benzene rings is 2. The average Bonchev–Trinajstić information content (AvgIpc) is 3.23. The Balaban J connectivity index is 1.36. The molecule has 1 saturated heterocycles. The summed E-state index contributed by atoms with van der Waals surface area (Å²) in [7, 11) is 1.99. The number of anilines is 3. The quantitative estimate of drug-likeness (QED) is 0.494. The number of aliphatic imine (C=N–C) groups is 1. The van der Waals surface area contributed by atoms with Crippen LogP contribution in [0.5, 0.6) is 0 Å². The van der Waals surface area contributed by atoms with Crippen molar-refractivity contribution >= 4 is 23.2 Å². The van der Waals surface area contributed by atoms with Gasteiger partial charge in [0.2, 0.25) is 5.95 Å². The maximum absolute atomic E-state index is 14.7. The van der Waals surface area contributed by atoms with Crippen LogP contribution in [0.4, 0.5) is 21.8 Å². The van der Waals surface area contributed by atoms with Crippen LogP contribution in [0.1, 0.15) is 11.1 Å². The number of ether oxygens (including phenoxy) is 1. The molecule has 0 unspecified atom stereocenters. The summed E-state index contributed by atoms with van der Waals surface area (Å²) < 4.78 is 20.1. The minimum Gasteiger partial charge on any atom is -0.401 e. The number of rotatable bonds is 7. The molecule has 8 nitrogen and oxygen atoms in total. The van der Waals surface area contributed by atoms with E-state index in [0.29, 0.717) is 55.9 Å². The Morgan fingerprint density at radius 2 is 1.94 bits per heavy atom. The number of aromatic nitrogens is 2. The highest BCUT2D eigenvalue weighted by Gasteiger charge is 2.23. The van der Waals surface area contributed by atoms with Crippen molar-refractivity contribution in [3.63, 3.8) is 0 Å². The number of hydrogen-bond acceptors (Lipinski definition) is 8. The third kappa shape index (κ3) is 5.53. The summed E-state index contributed by atoms with van der Waals surface area (Å²) in [6, 6.07) is 16.5. The molecule has 0 radical (unpaired) electrons. The molecular formula is C27H30FN7O. The normalized spacial score (nSPS) is 17.1. The first-order valence-electron chi connectivity index (χ1n) is 12.0. The van der Waals surface area contributed by atoms with Crippen LogP contribution < -0.4 is 16.0 Å². The fourth-order valence-corrected chi connectivity index (χ4v) is 4.44. The van der Waals surface area contributed by atoms with Crippen molar-refractivity contribution in [2.75, 3.05) is 56.7 Å². The third-order valence-corrected chi connectivity index (χ3v) is 6.23. The summed E-state index contributed by atoms with van der Waals surface area (Å²) in [5.74, 6) is 1.10. The van der Waals surface area contributed by atoms with Gasteiger partial charge in [-0.05, 0) is 42.9 Å². The molecule has 0 saturated carbocycles. The van der Waals surface area contributed by atoms with Gasteiger partial charge in [-0.3, -0.25) is 9.89 Å². The van der Waals surface area contributed by atoms with E-state index < -0.39 is 0 Å². The van der Waals surface area contributed by atoms with Crippen LogP contribution in [0.25, 0.3) is 0 Å². The third-order valence-electron chi connectivity index (χ3n) is 6.23. The largest absolute Gasteiger partial charge is 0.401 e. The predicted octanol–water partition coefficient (Wildman–Crippen LogP) is 3.34. The van der Waals surface area contributed by atoms with Crippen molar-refractivity contribution in [1.29, 1.82) is 0 Å². The molecule has 2 aliphatic rings. The van der Waals surface area contributed by atoms with E-state index in [2.05, 4.69) is 25.1 Å². The Bertz CT molecular complexity index is 1290. The van der Waals surface area contributed by atoms with Crippen LogP contribution in [0.15, 0.2) is 77.1 Å². The minimum atomic E-state index is -0.304. The van der Waals surface area contributed by atoms with Crippen molar-refractivity contribution in [2.45, 2.75) is 6.54 Å². The van der Waals surface area contributed by atoms with Crippen LogP contribution in [0, 0.1) is 5.82 Å². The summed E-state index contributed by atoms with van der Waals surface area (Å²) in [5.41, 5.74) is 10.9. The summed E-state index contributed by atoms with van der Waals surface area (Å²) in [5, 5.41) is 3.37. The highest BCUT2D eigenvalue weighted by molar-refractivity contribution is 6.13. The lowest BCUT2D eigenvalue weighted by atomic mass is 10.0. The van der Waals surface area contributed by atoms with Crippen LogP contribution in [-0.4, -0.2) is 67.0 Å². The summed E-state index contributed by atoms with van der Waals surface area (Å²) >= 11 is 0. The van der Waals surface area contributed by atoms with Crippen molar-refractivity contribution in [1.82, 2.24) is 14.9 Å². The Hall–Kier alpha value is -3.82. The number of morpholine rings is 1. The van der Waals surface area contributed by atoms with E-state index >= 15 is 0 Å². The van der Waals surface area contributed by atoms with Gasteiger partial charge in [0.15, 0.2) is 0 Å². The van der Waals surface area contributed by atoms with Gasteiger partial charge in [0.1, 0.15) is 11.6 Å². The molecule has 5 rings (SSSR count). The first-order valence-corrected chi connectivity index (χ1v) is 12.0. The van der Waals surface area contributed by atoms with Crippen molar-refractivity contribution in [2.24, 2.45) is 10.7 Å². The molecule has 1 aromatic heterocycles. The maximum Gasteiger partial charge on any atom is 0.227 e. The van der Waals surface area contributed by atoms with Gasteiger partial charge >= 0.3 is 0 Å². The molecular weight excluding hydrogens is 457 g/mol. The SMILES string of the molecule is CN1CC(N)=C(C(=NCc2cccc(Nc3ccnc(N4CCOCC4)n3)c2)c2ccccc2F)C1. The molecule has 0 bridgehead atoms. The number of nitrogens with one attached hydrogen (secondary N) is 1. The van der Waals surface area contributed by atoms with E-state index in [1.165, 1.54) is 6.07 Å². The zero-order valence-electron chi connectivity index (χ0n) is 20.3. The average molecular weight is 488 g/mol. The second kappa shape index (κ2) is 10.8. The van der Waals surface area contributed by atoms with Gasteiger partial charge in [-0.15, -0.1) is 0 Å². The molecule has 3 aromatic rings. The number of nitrogens with two attached hydrogens (primary N) is 1. The van der Waals surface area contributed by atoms with E-state index in [1.54, 1.807) is 18.3 Å². The van der Waals surface area contributed by atoms with E-state index in [0.717, 1.165) is 35.6 Å². The van der Waals surface area contributed by atoms with E-state index in [1.807, 2.05) is 43.4 Å². The number of hydrogen-bond donors (Lipinski definition) is 2. The van der Waals surface area contributed by atoms with Gasteiger partial charge < -0.3 is 20.7 Å². The van der Waals surface area contributed by atoms with Crippen LogP contribution in [-0.2, 0) is 11.3 Å². The van der Waals surface area contributed by atoms with Crippen molar-refractivity contribution in [3.8, 4) is 0 Å². The first-order chi connectivity index (χ1) is 17.6. The highest BCUT2D eigenvalue weighted by atomic mass is 19.1. The Labute approximate surface area is 210 Å². The molecule has 2 aromatic carbocycles. The lowest BCUT2D eigenvalue weighted by molar-refractivity contribution is 0.122. The molecule has 9 heteroatoms. The molecule has 1 fully saturated rings. The lowest BCUT2D eigenvalue weighted by Gasteiger charge is -2.26. The van der Waals surface area contributed by atoms with Crippen molar-refractivity contribution in [3.05, 3.63) is 89.0 Å². The zero-order valence-corrected chi connectivity index (χ0v) is 20.3. The van der Waals surface area contributed by atoms with Gasteiger partial charge in [0.25, 0.3) is 0 Å². The van der Waals surface area contributed by atoms with Crippen molar-refractivity contribution < 1.29 is 9.13 Å². The molecule has 2 aliphatic heterocycles. The highest BCUT2D eigenvalue weighted by Crippen LogP contribution is 2.23. The molecule has 0 amide bonds. The second-order valence-corrected chi connectivity index (χ2v) is 8.99. The predicted molar refractivity (Wildman–Crippen MR) is 140 cm³/mol. The molecule has 0 spiro atoms. The van der Waals surface area contributed by atoms with Gasteiger partial charge in [-0.25, -0.2) is 9.37 Å². The van der Waals surface area contributed by atoms with Gasteiger partial charge in [0, 0.05) is 54.9 Å². The van der Waals surface area contributed by atoms with Crippen LogP contribution >= 0.6 is 0 Å². The zero-order chi connectivity index (χ0) is 24.9. The van der Waals surface area contributed by atoms with E-state index in [9.17, 15) is 4.39 Å². The lowest BCUT2D eigenvalue weighted by Crippen LogP contribution is -2.37. The fourth-order valence-electron chi connectivity index (χ4n) is 4.44. The monoisotopic (exact) mass is 487 g/mol.